The Balaban J connectivity index is 1.60. The fourth-order valence-corrected chi connectivity index (χ4v) is 5.09. The molecule has 0 spiro atoms. The maximum Gasteiger partial charge on any atom is 0.243 e. The van der Waals surface area contributed by atoms with Crippen LogP contribution in [-0.2, 0) is 19.6 Å². The second kappa shape index (κ2) is 9.03. The molecule has 150 valence electrons. The molecule has 2 saturated heterocycles. The van der Waals surface area contributed by atoms with E-state index in [0.717, 1.165) is 19.4 Å². The van der Waals surface area contributed by atoms with Gasteiger partial charge in [0, 0.05) is 26.2 Å². The summed E-state index contributed by atoms with van der Waals surface area (Å²) in [6.07, 6.45) is 3.45. The fraction of sp³-hybridized carbons (Fsp3) is 0.632. The van der Waals surface area contributed by atoms with Crippen molar-refractivity contribution in [1.82, 2.24) is 9.62 Å². The van der Waals surface area contributed by atoms with E-state index in [0.29, 0.717) is 38.3 Å². The van der Waals surface area contributed by atoms with E-state index in [4.69, 9.17) is 9.47 Å². The molecule has 2 atom stereocenters. The normalized spacial score (nSPS) is 23.9. The topological polar surface area (TPSA) is 84.9 Å². The molecule has 0 aromatic heterocycles. The standard InChI is InChI=1S/C19H28N2O5S/c1-2-25-16-7-9-18(10-8-16)27(23,24)21-11-3-5-15(14-21)19(22)20-13-17-6-4-12-26-17/h7-10,15,17H,2-6,11-14H2,1H3,(H,20,22)/t15-,17+/m0/s1. The smallest absolute Gasteiger partial charge is 0.243 e. The summed E-state index contributed by atoms with van der Waals surface area (Å²) in [5.74, 6) is 0.233. The Kier molecular flexibility index (Phi) is 6.73. The van der Waals surface area contributed by atoms with Crippen LogP contribution in [-0.4, -0.2) is 57.6 Å². The minimum Gasteiger partial charge on any atom is -0.494 e. The van der Waals surface area contributed by atoms with Crippen LogP contribution in [0.1, 0.15) is 32.6 Å². The first-order valence-electron chi connectivity index (χ1n) is 9.63. The van der Waals surface area contributed by atoms with Gasteiger partial charge < -0.3 is 14.8 Å². The number of sulfonamides is 1. The van der Waals surface area contributed by atoms with Gasteiger partial charge in [0.15, 0.2) is 0 Å². The van der Waals surface area contributed by atoms with E-state index in [1.807, 2.05) is 6.92 Å². The summed E-state index contributed by atoms with van der Waals surface area (Å²) < 4.78 is 38.2. The molecule has 27 heavy (non-hydrogen) atoms. The zero-order valence-corrected chi connectivity index (χ0v) is 16.5. The predicted octanol–water partition coefficient (Wildman–Crippen LogP) is 1.78. The predicted molar refractivity (Wildman–Crippen MR) is 101 cm³/mol. The molecule has 1 aromatic carbocycles. The summed E-state index contributed by atoms with van der Waals surface area (Å²) in [7, 11) is -3.62. The van der Waals surface area contributed by atoms with E-state index in [2.05, 4.69) is 5.32 Å². The average molecular weight is 397 g/mol. The van der Waals surface area contributed by atoms with Crippen LogP contribution >= 0.6 is 0 Å². The second-order valence-electron chi connectivity index (χ2n) is 6.99. The van der Waals surface area contributed by atoms with Crippen molar-refractivity contribution in [2.45, 2.75) is 43.6 Å². The maximum atomic E-state index is 12.9. The summed E-state index contributed by atoms with van der Waals surface area (Å²) in [6.45, 7) is 4.31. The van der Waals surface area contributed by atoms with Crippen molar-refractivity contribution in [3.63, 3.8) is 0 Å². The molecule has 0 unspecified atom stereocenters. The lowest BCUT2D eigenvalue weighted by Crippen LogP contribution is -2.46. The number of carbonyl (C=O) groups excluding carboxylic acids is 1. The highest BCUT2D eigenvalue weighted by atomic mass is 32.2. The molecule has 2 heterocycles. The van der Waals surface area contributed by atoms with E-state index in [1.165, 1.54) is 4.31 Å². The molecule has 1 N–H and O–H groups in total. The van der Waals surface area contributed by atoms with Crippen LogP contribution in [0.15, 0.2) is 29.2 Å². The van der Waals surface area contributed by atoms with Gasteiger partial charge in [-0.05, 0) is 56.9 Å². The number of rotatable bonds is 7. The lowest BCUT2D eigenvalue weighted by Gasteiger charge is -2.31. The van der Waals surface area contributed by atoms with Crippen molar-refractivity contribution < 1.29 is 22.7 Å². The molecule has 1 aromatic rings. The first kappa shape index (κ1) is 20.1. The number of piperidine rings is 1. The van der Waals surface area contributed by atoms with Crippen LogP contribution < -0.4 is 10.1 Å². The lowest BCUT2D eigenvalue weighted by molar-refractivity contribution is -0.126. The summed E-state index contributed by atoms with van der Waals surface area (Å²) in [6, 6.07) is 6.43. The molecule has 2 fully saturated rings. The molecular weight excluding hydrogens is 368 g/mol. The molecule has 0 saturated carbocycles. The van der Waals surface area contributed by atoms with Gasteiger partial charge in [0.05, 0.1) is 23.5 Å². The van der Waals surface area contributed by atoms with Crippen molar-refractivity contribution in [3.8, 4) is 5.75 Å². The zero-order valence-electron chi connectivity index (χ0n) is 15.7. The molecule has 7 nitrogen and oxygen atoms in total. The van der Waals surface area contributed by atoms with Crippen LogP contribution in [0, 0.1) is 5.92 Å². The Morgan fingerprint density at radius 1 is 1.26 bits per heavy atom. The van der Waals surface area contributed by atoms with Gasteiger partial charge in [-0.15, -0.1) is 0 Å². The van der Waals surface area contributed by atoms with Crippen molar-refractivity contribution in [3.05, 3.63) is 24.3 Å². The van der Waals surface area contributed by atoms with Crippen LogP contribution in [0.4, 0.5) is 0 Å². The highest BCUT2D eigenvalue weighted by molar-refractivity contribution is 7.89. The van der Waals surface area contributed by atoms with Crippen LogP contribution in [0.2, 0.25) is 0 Å². The van der Waals surface area contributed by atoms with Crippen molar-refractivity contribution in [1.29, 1.82) is 0 Å². The summed E-state index contributed by atoms with van der Waals surface area (Å²) in [4.78, 5) is 12.7. The van der Waals surface area contributed by atoms with Gasteiger partial charge in [-0.2, -0.15) is 4.31 Å². The largest absolute Gasteiger partial charge is 0.494 e. The maximum absolute atomic E-state index is 12.9. The molecule has 0 aliphatic carbocycles. The van der Waals surface area contributed by atoms with Gasteiger partial charge in [0.2, 0.25) is 15.9 Å². The van der Waals surface area contributed by atoms with E-state index < -0.39 is 10.0 Å². The van der Waals surface area contributed by atoms with Crippen molar-refractivity contribution in [2.24, 2.45) is 5.92 Å². The molecule has 1 amide bonds. The Hall–Kier alpha value is -1.64. The Morgan fingerprint density at radius 2 is 2.04 bits per heavy atom. The highest BCUT2D eigenvalue weighted by Crippen LogP contribution is 2.25. The SMILES string of the molecule is CCOc1ccc(S(=O)(=O)N2CCC[C@H](C(=O)NC[C@H]3CCCO3)C2)cc1. The summed E-state index contributed by atoms with van der Waals surface area (Å²) in [5, 5.41) is 2.93. The molecule has 0 radical (unpaired) electrons. The number of nitrogens with one attached hydrogen (secondary N) is 1. The third-order valence-electron chi connectivity index (χ3n) is 5.06. The van der Waals surface area contributed by atoms with Gasteiger partial charge >= 0.3 is 0 Å². The van der Waals surface area contributed by atoms with Gasteiger partial charge in [-0.3, -0.25) is 4.79 Å². The number of ether oxygens (including phenoxy) is 2. The number of hydrogen-bond donors (Lipinski definition) is 1. The number of nitrogens with zero attached hydrogens (tertiary/aromatic N) is 1. The average Bonchev–Trinajstić information content (AvgIpc) is 3.20. The summed E-state index contributed by atoms with van der Waals surface area (Å²) >= 11 is 0. The Labute approximate surface area is 161 Å². The molecule has 8 heteroatoms. The molecular formula is C19H28N2O5S. The van der Waals surface area contributed by atoms with Gasteiger partial charge in [-0.1, -0.05) is 0 Å². The fourth-order valence-electron chi connectivity index (χ4n) is 3.56. The first-order valence-corrected chi connectivity index (χ1v) is 11.1. The van der Waals surface area contributed by atoms with Gasteiger partial charge in [0.1, 0.15) is 5.75 Å². The third kappa shape index (κ3) is 5.00. The van der Waals surface area contributed by atoms with Crippen molar-refractivity contribution in [2.75, 3.05) is 32.8 Å². The number of amides is 1. The number of hydrogen-bond acceptors (Lipinski definition) is 5. The van der Waals surface area contributed by atoms with Crippen LogP contribution in [0.25, 0.3) is 0 Å². The van der Waals surface area contributed by atoms with Crippen LogP contribution in [0.5, 0.6) is 5.75 Å². The quantitative estimate of drug-likeness (QED) is 0.759. The van der Waals surface area contributed by atoms with E-state index in [1.54, 1.807) is 24.3 Å². The molecule has 3 rings (SSSR count). The lowest BCUT2D eigenvalue weighted by atomic mass is 9.99. The minimum atomic E-state index is -3.62. The number of carbonyl (C=O) groups is 1. The molecule has 0 bridgehead atoms. The summed E-state index contributed by atoms with van der Waals surface area (Å²) in [5.41, 5.74) is 0. The molecule has 2 aliphatic heterocycles. The Morgan fingerprint density at radius 3 is 2.70 bits per heavy atom. The zero-order chi connectivity index (χ0) is 19.3. The van der Waals surface area contributed by atoms with E-state index in [-0.39, 0.29) is 29.4 Å². The third-order valence-corrected chi connectivity index (χ3v) is 6.93. The minimum absolute atomic E-state index is 0.0845. The highest BCUT2D eigenvalue weighted by Gasteiger charge is 2.33. The van der Waals surface area contributed by atoms with Gasteiger partial charge in [0.25, 0.3) is 0 Å². The van der Waals surface area contributed by atoms with Gasteiger partial charge in [-0.25, -0.2) is 8.42 Å². The first-order chi connectivity index (χ1) is 13.0. The molecule has 2 aliphatic rings. The van der Waals surface area contributed by atoms with Crippen molar-refractivity contribution >= 4 is 15.9 Å². The Bertz CT molecular complexity index is 729. The van der Waals surface area contributed by atoms with Crippen LogP contribution in [0.3, 0.4) is 0 Å². The number of benzene rings is 1. The second-order valence-corrected chi connectivity index (χ2v) is 8.92. The van der Waals surface area contributed by atoms with E-state index >= 15 is 0 Å². The monoisotopic (exact) mass is 396 g/mol. The van der Waals surface area contributed by atoms with E-state index in [9.17, 15) is 13.2 Å².